The maximum Gasteiger partial charge on any atom is 0.301 e. The van der Waals surface area contributed by atoms with Gasteiger partial charge in [0.05, 0.1) is 17.1 Å². The predicted molar refractivity (Wildman–Crippen MR) is 110 cm³/mol. The number of hydrazine groups is 1. The number of hydrazone groups is 1. The zero-order valence-corrected chi connectivity index (χ0v) is 15.9. The van der Waals surface area contributed by atoms with Crippen LogP contribution in [0.1, 0.15) is 0 Å². The molecule has 0 bridgehead atoms. The zero-order valence-electron chi connectivity index (χ0n) is 14.3. The van der Waals surface area contributed by atoms with Gasteiger partial charge in [-0.3, -0.25) is 15.6 Å². The fourth-order valence-corrected chi connectivity index (χ4v) is 3.41. The fourth-order valence-electron chi connectivity index (χ4n) is 2.49. The molecule has 1 aliphatic heterocycles. The van der Waals surface area contributed by atoms with E-state index in [1.165, 1.54) is 40.6 Å². The number of aromatic nitrogens is 1. The Kier molecular flexibility index (Phi) is 4.81. The molecule has 0 radical (unpaired) electrons. The molecule has 28 heavy (non-hydrogen) atoms. The monoisotopic (exact) mass is 413 g/mol. The number of amides is 1. The Hall–Kier alpha value is -3.23. The van der Waals surface area contributed by atoms with Gasteiger partial charge in [-0.1, -0.05) is 30.3 Å². The van der Waals surface area contributed by atoms with Gasteiger partial charge >= 0.3 is 5.91 Å². The number of nitrogens with one attached hydrogen (secondary N) is 2. The molecule has 2 N–H and O–H groups in total. The van der Waals surface area contributed by atoms with Crippen molar-refractivity contribution < 1.29 is 9.18 Å². The molecule has 140 valence electrons. The third-order valence-corrected chi connectivity index (χ3v) is 4.98. The van der Waals surface area contributed by atoms with Gasteiger partial charge in [-0.05, 0) is 36.4 Å². The number of hydrogen-bond acceptors (Lipinski definition) is 6. The van der Waals surface area contributed by atoms with Crippen molar-refractivity contribution in [1.82, 2.24) is 10.4 Å². The molecule has 2 aromatic carbocycles. The third kappa shape index (κ3) is 3.60. The first kappa shape index (κ1) is 18.1. The molecule has 6 nitrogen and oxygen atoms in total. The second-order valence-electron chi connectivity index (χ2n) is 5.83. The van der Waals surface area contributed by atoms with Crippen LogP contribution in [0.3, 0.4) is 0 Å². The van der Waals surface area contributed by atoms with Crippen molar-refractivity contribution in [2.45, 2.75) is 0 Å². The highest BCUT2D eigenvalue weighted by atomic mass is 35.5. The topological polar surface area (TPSA) is 69.6 Å². The number of carbonyl (C=O) groups is 1. The first-order valence-corrected chi connectivity index (χ1v) is 9.38. The van der Waals surface area contributed by atoms with E-state index < -0.39 is 5.91 Å². The van der Waals surface area contributed by atoms with Gasteiger partial charge in [0, 0.05) is 16.0 Å². The minimum atomic E-state index is -0.392. The van der Waals surface area contributed by atoms with Crippen LogP contribution in [0.25, 0.3) is 11.3 Å². The summed E-state index contributed by atoms with van der Waals surface area (Å²) < 4.78 is 13.0. The summed E-state index contributed by atoms with van der Waals surface area (Å²) in [6.07, 6.45) is 0. The maximum atomic E-state index is 13.0. The average molecular weight is 414 g/mol. The van der Waals surface area contributed by atoms with Gasteiger partial charge in [-0.25, -0.2) is 9.37 Å². The summed E-state index contributed by atoms with van der Waals surface area (Å²) in [5, 5.41) is 8.33. The van der Waals surface area contributed by atoms with E-state index in [9.17, 15) is 9.18 Å². The van der Waals surface area contributed by atoms with Gasteiger partial charge in [0.2, 0.25) is 5.13 Å². The van der Waals surface area contributed by atoms with Crippen LogP contribution in [-0.4, -0.2) is 16.6 Å². The van der Waals surface area contributed by atoms with E-state index in [2.05, 4.69) is 27.5 Å². The van der Waals surface area contributed by atoms with Crippen molar-refractivity contribution in [1.29, 1.82) is 0 Å². The summed E-state index contributed by atoms with van der Waals surface area (Å²) in [7, 11) is 0. The molecule has 3 aromatic rings. The molecule has 0 unspecified atom stereocenters. The zero-order chi connectivity index (χ0) is 19.7. The highest BCUT2D eigenvalue weighted by molar-refractivity contribution is 7.14. The normalized spacial score (nSPS) is 15.2. The SMILES string of the molecule is C=C1NN(c2nc(-c3ccc(Cl)cc3)cs2)C(=O)C1=NNc1ccc(F)cc1. The Morgan fingerprint density at radius 1 is 1.18 bits per heavy atom. The lowest BCUT2D eigenvalue weighted by Gasteiger charge is -2.10. The molecule has 0 atom stereocenters. The quantitative estimate of drug-likeness (QED) is 0.620. The van der Waals surface area contributed by atoms with E-state index in [0.717, 1.165) is 11.3 Å². The summed E-state index contributed by atoms with van der Waals surface area (Å²) in [5.74, 6) is -0.746. The molecule has 1 aromatic heterocycles. The van der Waals surface area contributed by atoms with E-state index in [1.807, 2.05) is 17.5 Å². The number of hydrogen-bond donors (Lipinski definition) is 2. The van der Waals surface area contributed by atoms with Crippen LogP contribution in [0.4, 0.5) is 15.2 Å². The van der Waals surface area contributed by atoms with Gasteiger partial charge in [0.25, 0.3) is 0 Å². The lowest BCUT2D eigenvalue weighted by Crippen LogP contribution is -2.34. The van der Waals surface area contributed by atoms with E-state index in [1.54, 1.807) is 12.1 Å². The second kappa shape index (κ2) is 7.41. The van der Waals surface area contributed by atoms with Crippen molar-refractivity contribution in [2.24, 2.45) is 5.10 Å². The number of rotatable bonds is 4. The van der Waals surface area contributed by atoms with Gasteiger partial charge in [-0.2, -0.15) is 10.1 Å². The molecule has 1 fully saturated rings. The highest BCUT2D eigenvalue weighted by Gasteiger charge is 2.34. The summed E-state index contributed by atoms with van der Waals surface area (Å²) in [6, 6.07) is 12.9. The first-order valence-electron chi connectivity index (χ1n) is 8.12. The summed E-state index contributed by atoms with van der Waals surface area (Å²) in [6.45, 7) is 3.82. The second-order valence-corrected chi connectivity index (χ2v) is 7.11. The van der Waals surface area contributed by atoms with Crippen LogP contribution in [0.15, 0.2) is 71.3 Å². The van der Waals surface area contributed by atoms with Gasteiger partial charge in [0.1, 0.15) is 5.82 Å². The van der Waals surface area contributed by atoms with E-state index >= 15 is 0 Å². The standard InChI is InChI=1S/C19H13ClFN5OS/c1-11-17(24-23-15-8-6-14(21)7-9-15)18(27)26(25-11)19-22-16(10-28-19)12-2-4-13(20)5-3-12/h2-10,23,25H,1H2. The maximum absolute atomic E-state index is 13.0. The van der Waals surface area contributed by atoms with Crippen molar-refractivity contribution in [3.8, 4) is 11.3 Å². The molecule has 9 heteroatoms. The largest absolute Gasteiger partial charge is 0.301 e. The van der Waals surface area contributed by atoms with Crippen LogP contribution in [-0.2, 0) is 4.79 Å². The predicted octanol–water partition coefficient (Wildman–Crippen LogP) is 4.44. The number of carbonyl (C=O) groups excluding carboxylic acids is 1. The van der Waals surface area contributed by atoms with E-state index in [-0.39, 0.29) is 11.5 Å². The smallest absolute Gasteiger partial charge is 0.287 e. The number of halogens is 2. The molecular formula is C19H13ClFN5OS. The van der Waals surface area contributed by atoms with Gasteiger partial charge in [0.15, 0.2) is 5.71 Å². The molecule has 1 amide bonds. The number of benzene rings is 2. The molecule has 1 saturated heterocycles. The van der Waals surface area contributed by atoms with Crippen LogP contribution in [0.5, 0.6) is 0 Å². The van der Waals surface area contributed by atoms with Crippen molar-refractivity contribution in [3.63, 3.8) is 0 Å². The minimum absolute atomic E-state index is 0.118. The van der Waals surface area contributed by atoms with Crippen LogP contribution in [0.2, 0.25) is 5.02 Å². The lowest BCUT2D eigenvalue weighted by molar-refractivity contribution is -0.112. The fraction of sp³-hybridized carbons (Fsp3) is 0. The van der Waals surface area contributed by atoms with Crippen LogP contribution in [0, 0.1) is 5.82 Å². The molecule has 0 aliphatic carbocycles. The molecule has 0 saturated carbocycles. The lowest BCUT2D eigenvalue weighted by atomic mass is 10.2. The minimum Gasteiger partial charge on any atom is -0.287 e. The molecular weight excluding hydrogens is 401 g/mol. The average Bonchev–Trinajstić information content (AvgIpc) is 3.27. The summed E-state index contributed by atoms with van der Waals surface area (Å²) in [5.41, 5.74) is 8.22. The molecule has 4 rings (SSSR count). The molecule has 0 spiro atoms. The van der Waals surface area contributed by atoms with E-state index in [4.69, 9.17) is 11.6 Å². The van der Waals surface area contributed by atoms with Gasteiger partial charge < -0.3 is 0 Å². The van der Waals surface area contributed by atoms with Crippen molar-refractivity contribution >= 4 is 45.4 Å². The Labute approximate surface area is 168 Å². The van der Waals surface area contributed by atoms with Crippen molar-refractivity contribution in [3.05, 3.63) is 77.0 Å². The van der Waals surface area contributed by atoms with Gasteiger partial charge in [-0.15, -0.1) is 11.3 Å². The Balaban J connectivity index is 1.53. The highest BCUT2D eigenvalue weighted by Crippen LogP contribution is 2.29. The van der Waals surface area contributed by atoms with Crippen LogP contribution >= 0.6 is 22.9 Å². The molecule has 1 aliphatic rings. The van der Waals surface area contributed by atoms with E-state index in [0.29, 0.717) is 21.5 Å². The Bertz CT molecular complexity index is 1080. The Morgan fingerprint density at radius 3 is 2.61 bits per heavy atom. The van der Waals surface area contributed by atoms with Crippen LogP contribution < -0.4 is 15.9 Å². The van der Waals surface area contributed by atoms with Crippen molar-refractivity contribution in [2.75, 3.05) is 10.4 Å². The number of thiazole rings is 1. The summed E-state index contributed by atoms with van der Waals surface area (Å²) in [4.78, 5) is 17.2. The molecule has 2 heterocycles. The number of anilines is 2. The first-order chi connectivity index (χ1) is 13.5. The summed E-state index contributed by atoms with van der Waals surface area (Å²) >= 11 is 7.22. The Morgan fingerprint density at radius 2 is 1.89 bits per heavy atom. The number of nitrogens with zero attached hydrogens (tertiary/aromatic N) is 3. The third-order valence-electron chi connectivity index (χ3n) is 3.90.